The van der Waals surface area contributed by atoms with E-state index in [1.165, 1.54) is 26.8 Å². The topological polar surface area (TPSA) is 17.1 Å². The zero-order valence-corrected chi connectivity index (χ0v) is 12.5. The molecule has 1 atom stereocenters. The largest absolute Gasteiger partial charge is 0.294 e. The van der Waals surface area contributed by atoms with Gasteiger partial charge in [0.1, 0.15) is 0 Å². The van der Waals surface area contributed by atoms with E-state index in [0.717, 1.165) is 31.2 Å². The van der Waals surface area contributed by atoms with Crippen molar-refractivity contribution in [3.63, 3.8) is 0 Å². The van der Waals surface area contributed by atoms with E-state index in [4.69, 9.17) is 0 Å². The number of carbonyl (C=O) groups is 1. The van der Waals surface area contributed by atoms with Crippen molar-refractivity contribution in [2.45, 2.75) is 44.9 Å². The summed E-state index contributed by atoms with van der Waals surface area (Å²) in [5.41, 5.74) is 2.29. The highest BCUT2D eigenvalue weighted by atomic mass is 16.1. The minimum atomic E-state index is 0.333. The molecule has 0 saturated carbocycles. The van der Waals surface area contributed by atoms with Crippen molar-refractivity contribution in [3.05, 3.63) is 45.8 Å². The third-order valence-electron chi connectivity index (χ3n) is 5.12. The summed E-state index contributed by atoms with van der Waals surface area (Å²) in [6, 6.07) is 8.81. The molecule has 21 heavy (non-hydrogen) atoms. The second-order valence-electron chi connectivity index (χ2n) is 6.25. The minimum absolute atomic E-state index is 0.333. The average Bonchev–Trinajstić information content (AvgIpc) is 2.54. The molecule has 2 aromatic carbocycles. The lowest BCUT2D eigenvalue weighted by Gasteiger charge is -2.25. The van der Waals surface area contributed by atoms with E-state index in [0.29, 0.717) is 18.1 Å². The van der Waals surface area contributed by atoms with Gasteiger partial charge in [0, 0.05) is 12.0 Å². The molecule has 0 saturated heterocycles. The summed E-state index contributed by atoms with van der Waals surface area (Å²) < 4.78 is 0. The van der Waals surface area contributed by atoms with Gasteiger partial charge < -0.3 is 0 Å². The first-order chi connectivity index (χ1) is 10.3. The quantitative estimate of drug-likeness (QED) is 0.777. The van der Waals surface area contributed by atoms with Crippen LogP contribution in [0.25, 0.3) is 22.9 Å². The van der Waals surface area contributed by atoms with Crippen LogP contribution in [0.3, 0.4) is 0 Å². The third kappa shape index (κ3) is 1.87. The number of hydrogen-bond donors (Lipinski definition) is 0. The van der Waals surface area contributed by atoms with E-state index in [2.05, 4.69) is 43.3 Å². The Labute approximate surface area is 125 Å². The zero-order chi connectivity index (χ0) is 14.4. The molecule has 0 bridgehead atoms. The Balaban J connectivity index is 2.11. The average molecular weight is 276 g/mol. The lowest BCUT2D eigenvalue weighted by molar-refractivity contribution is 0.0968. The summed E-state index contributed by atoms with van der Waals surface area (Å²) in [5, 5.41) is 5.07. The van der Waals surface area contributed by atoms with Gasteiger partial charge in [0.15, 0.2) is 5.78 Å². The Kier molecular flexibility index (Phi) is 2.95. The summed E-state index contributed by atoms with van der Waals surface area (Å²) in [5.74, 6) is 0.883. The number of benzene rings is 2. The van der Waals surface area contributed by atoms with Gasteiger partial charge in [0.25, 0.3) is 0 Å². The molecule has 0 amide bonds. The van der Waals surface area contributed by atoms with Crippen molar-refractivity contribution in [2.75, 3.05) is 0 Å². The molecule has 2 aliphatic carbocycles. The molecule has 1 nitrogen and oxygen atoms in total. The second kappa shape index (κ2) is 4.84. The Morgan fingerprint density at radius 1 is 1.05 bits per heavy atom. The SMILES string of the molecule is CCC1CCC(=O)c2c1ccc1c3c(ccc21)=CCCC=3. The van der Waals surface area contributed by atoms with Crippen LogP contribution in [0.5, 0.6) is 0 Å². The Bertz CT molecular complexity index is 858. The molecule has 1 heteroatoms. The van der Waals surface area contributed by atoms with Crippen molar-refractivity contribution in [1.82, 2.24) is 0 Å². The standard InChI is InChI=1S/C20H20O/c1-2-13-8-12-19(21)20-16(13)10-11-17-15-6-4-3-5-14(15)7-9-18(17)20/h5-7,9-11,13H,2-4,8,12H2,1H3. The van der Waals surface area contributed by atoms with Gasteiger partial charge in [0.2, 0.25) is 0 Å². The summed E-state index contributed by atoms with van der Waals surface area (Å²) in [7, 11) is 0. The van der Waals surface area contributed by atoms with E-state index in [1.54, 1.807) is 0 Å². The first-order valence-electron chi connectivity index (χ1n) is 8.09. The molecule has 0 aliphatic heterocycles. The molecule has 2 aromatic rings. The fourth-order valence-corrected chi connectivity index (χ4v) is 4.00. The van der Waals surface area contributed by atoms with Crippen LogP contribution in [0.1, 0.15) is 60.9 Å². The molecule has 2 aliphatic rings. The molecule has 1 unspecified atom stereocenters. The Hall–Kier alpha value is -1.89. The predicted octanol–water partition coefficient (Wildman–Crippen LogP) is 3.66. The third-order valence-corrected chi connectivity index (χ3v) is 5.12. The van der Waals surface area contributed by atoms with E-state index >= 15 is 0 Å². The summed E-state index contributed by atoms with van der Waals surface area (Å²) in [4.78, 5) is 12.5. The molecule has 0 fully saturated rings. The van der Waals surface area contributed by atoms with Gasteiger partial charge in [-0.1, -0.05) is 43.3 Å². The van der Waals surface area contributed by atoms with Crippen LogP contribution in [0, 0.1) is 0 Å². The van der Waals surface area contributed by atoms with Gasteiger partial charge in [0.05, 0.1) is 0 Å². The van der Waals surface area contributed by atoms with Crippen molar-refractivity contribution >= 4 is 28.7 Å². The fourth-order valence-electron chi connectivity index (χ4n) is 4.00. The van der Waals surface area contributed by atoms with Crippen LogP contribution >= 0.6 is 0 Å². The highest BCUT2D eigenvalue weighted by molar-refractivity contribution is 6.10. The fraction of sp³-hybridized carbons (Fsp3) is 0.350. The first kappa shape index (κ1) is 12.8. The van der Waals surface area contributed by atoms with Crippen LogP contribution in [-0.4, -0.2) is 5.78 Å². The van der Waals surface area contributed by atoms with Crippen molar-refractivity contribution in [1.29, 1.82) is 0 Å². The second-order valence-corrected chi connectivity index (χ2v) is 6.25. The normalized spacial score (nSPS) is 20.4. The van der Waals surface area contributed by atoms with E-state index in [9.17, 15) is 4.79 Å². The molecule has 0 N–H and O–H groups in total. The number of rotatable bonds is 1. The minimum Gasteiger partial charge on any atom is -0.294 e. The Morgan fingerprint density at radius 3 is 2.71 bits per heavy atom. The van der Waals surface area contributed by atoms with E-state index in [1.807, 2.05) is 0 Å². The molecule has 0 heterocycles. The van der Waals surface area contributed by atoms with Crippen LogP contribution in [-0.2, 0) is 0 Å². The van der Waals surface area contributed by atoms with Crippen molar-refractivity contribution in [3.8, 4) is 0 Å². The highest BCUT2D eigenvalue weighted by Gasteiger charge is 2.26. The van der Waals surface area contributed by atoms with E-state index < -0.39 is 0 Å². The van der Waals surface area contributed by atoms with Crippen LogP contribution in [0.2, 0.25) is 0 Å². The molecule has 106 valence electrons. The molecule has 0 spiro atoms. The summed E-state index contributed by atoms with van der Waals surface area (Å²) in [6.45, 7) is 2.23. The monoisotopic (exact) mass is 276 g/mol. The van der Waals surface area contributed by atoms with Gasteiger partial charge in [-0.2, -0.15) is 0 Å². The summed E-state index contributed by atoms with van der Waals surface area (Å²) in [6.07, 6.45) is 9.71. The number of fused-ring (bicyclic) bond motifs is 5. The van der Waals surface area contributed by atoms with Gasteiger partial charge in [-0.3, -0.25) is 4.79 Å². The highest BCUT2D eigenvalue weighted by Crippen LogP contribution is 2.36. The maximum Gasteiger partial charge on any atom is 0.163 e. The summed E-state index contributed by atoms with van der Waals surface area (Å²) >= 11 is 0. The van der Waals surface area contributed by atoms with Crippen molar-refractivity contribution < 1.29 is 4.79 Å². The van der Waals surface area contributed by atoms with E-state index in [-0.39, 0.29) is 0 Å². The smallest absolute Gasteiger partial charge is 0.163 e. The van der Waals surface area contributed by atoms with Crippen LogP contribution in [0.15, 0.2) is 24.3 Å². The zero-order valence-electron chi connectivity index (χ0n) is 12.5. The van der Waals surface area contributed by atoms with Gasteiger partial charge in [-0.05, 0) is 58.4 Å². The van der Waals surface area contributed by atoms with Crippen LogP contribution < -0.4 is 10.4 Å². The van der Waals surface area contributed by atoms with Gasteiger partial charge >= 0.3 is 0 Å². The number of Topliss-reactive ketones (excluding diaryl/α,β-unsaturated/α-hetero) is 1. The van der Waals surface area contributed by atoms with Gasteiger partial charge in [-0.25, -0.2) is 0 Å². The van der Waals surface area contributed by atoms with Crippen molar-refractivity contribution in [2.24, 2.45) is 0 Å². The molecular formula is C20H20O. The predicted molar refractivity (Wildman–Crippen MR) is 88.0 cm³/mol. The number of hydrogen-bond acceptors (Lipinski definition) is 1. The van der Waals surface area contributed by atoms with Crippen LogP contribution in [0.4, 0.5) is 0 Å². The first-order valence-corrected chi connectivity index (χ1v) is 8.09. The lowest BCUT2D eigenvalue weighted by Crippen LogP contribution is -2.28. The number of ketones is 1. The van der Waals surface area contributed by atoms with Gasteiger partial charge in [-0.15, -0.1) is 0 Å². The maximum atomic E-state index is 12.5. The number of carbonyl (C=O) groups excluding carboxylic acids is 1. The molecular weight excluding hydrogens is 256 g/mol. The Morgan fingerprint density at radius 2 is 1.86 bits per heavy atom. The molecule has 0 radical (unpaired) electrons. The molecule has 0 aromatic heterocycles. The molecule has 4 rings (SSSR count). The maximum absolute atomic E-state index is 12.5. The lowest BCUT2D eigenvalue weighted by atomic mass is 9.78.